The monoisotopic (exact) mass is 517 g/mol. The second-order valence-electron chi connectivity index (χ2n) is 11.7. The van der Waals surface area contributed by atoms with Gasteiger partial charge in [0.25, 0.3) is 5.91 Å². The third-order valence-corrected chi connectivity index (χ3v) is 8.00. The van der Waals surface area contributed by atoms with E-state index < -0.39 is 5.82 Å². The first-order chi connectivity index (χ1) is 16.9. The maximum Gasteiger partial charge on any atom is 0.261 e. The van der Waals surface area contributed by atoms with Crippen LogP contribution in [0.15, 0.2) is 18.2 Å². The van der Waals surface area contributed by atoms with Crippen molar-refractivity contribution in [2.45, 2.75) is 65.2 Å². The molecule has 2 aliphatic rings. The number of anilines is 2. The second-order valence-corrected chi connectivity index (χ2v) is 12.1. The summed E-state index contributed by atoms with van der Waals surface area (Å²) < 4.78 is 15.0. The lowest BCUT2D eigenvalue weighted by Gasteiger charge is -2.18. The van der Waals surface area contributed by atoms with Crippen molar-refractivity contribution < 1.29 is 14.0 Å². The Hall–Kier alpha value is -2.61. The van der Waals surface area contributed by atoms with Crippen LogP contribution in [0.1, 0.15) is 81.3 Å². The van der Waals surface area contributed by atoms with Gasteiger partial charge in [0.1, 0.15) is 17.2 Å². The van der Waals surface area contributed by atoms with Gasteiger partial charge in [-0.3, -0.25) is 14.3 Å². The summed E-state index contributed by atoms with van der Waals surface area (Å²) in [5.41, 5.74) is 7.91. The highest BCUT2D eigenvalue weighted by Gasteiger charge is 2.44. The molecule has 1 aromatic heterocycles. The normalized spacial score (nSPS) is 23.5. The van der Waals surface area contributed by atoms with Crippen LogP contribution in [-0.4, -0.2) is 28.1 Å². The van der Waals surface area contributed by atoms with Gasteiger partial charge in [-0.1, -0.05) is 32.4 Å². The highest BCUT2D eigenvalue weighted by Crippen LogP contribution is 2.52. The minimum Gasteiger partial charge on any atom is -0.383 e. The fourth-order valence-electron chi connectivity index (χ4n) is 5.81. The molecule has 4 rings (SSSR count). The lowest BCUT2D eigenvalue weighted by Crippen LogP contribution is -2.29. The van der Waals surface area contributed by atoms with E-state index in [1.54, 1.807) is 11.7 Å². The fourth-order valence-corrected chi connectivity index (χ4v) is 5.99. The maximum atomic E-state index is 13.5. The number of carbonyl (C=O) groups is 2. The molecule has 4 N–H and O–H groups in total. The van der Waals surface area contributed by atoms with Crippen molar-refractivity contribution in [1.29, 1.82) is 0 Å². The molecule has 2 unspecified atom stereocenters. The van der Waals surface area contributed by atoms with E-state index in [0.717, 1.165) is 44.3 Å². The zero-order valence-electron chi connectivity index (χ0n) is 21.5. The number of aromatic nitrogens is 2. The van der Waals surface area contributed by atoms with E-state index in [4.69, 9.17) is 17.3 Å². The topological polar surface area (TPSA) is 102 Å². The van der Waals surface area contributed by atoms with Crippen LogP contribution in [-0.2, 0) is 11.8 Å². The molecule has 0 bridgehead atoms. The van der Waals surface area contributed by atoms with E-state index in [0.29, 0.717) is 41.2 Å². The van der Waals surface area contributed by atoms with E-state index in [1.165, 1.54) is 18.2 Å². The van der Waals surface area contributed by atoms with Crippen molar-refractivity contribution in [1.82, 2.24) is 15.1 Å². The summed E-state index contributed by atoms with van der Waals surface area (Å²) in [4.78, 5) is 25.4. The Morgan fingerprint density at radius 3 is 2.47 bits per heavy atom. The number of aryl methyl sites for hydroxylation is 1. The van der Waals surface area contributed by atoms with Gasteiger partial charge in [0.2, 0.25) is 5.91 Å². The number of nitrogens with two attached hydrogens (primary N) is 1. The summed E-state index contributed by atoms with van der Waals surface area (Å²) >= 11 is 5.86. The van der Waals surface area contributed by atoms with Gasteiger partial charge < -0.3 is 16.4 Å². The first kappa shape index (κ1) is 26.5. The Kier molecular flexibility index (Phi) is 7.64. The van der Waals surface area contributed by atoms with Gasteiger partial charge in [0, 0.05) is 31.6 Å². The Morgan fingerprint density at radius 1 is 1.19 bits per heavy atom. The Labute approximate surface area is 217 Å². The van der Waals surface area contributed by atoms with Crippen LogP contribution >= 0.6 is 11.6 Å². The number of hydrogen-bond acceptors (Lipinski definition) is 4. The van der Waals surface area contributed by atoms with E-state index in [2.05, 4.69) is 36.5 Å². The van der Waals surface area contributed by atoms with Crippen molar-refractivity contribution >= 4 is 34.9 Å². The zero-order valence-corrected chi connectivity index (χ0v) is 22.3. The van der Waals surface area contributed by atoms with E-state index >= 15 is 0 Å². The number of benzene rings is 1. The molecule has 2 aromatic rings. The van der Waals surface area contributed by atoms with Gasteiger partial charge >= 0.3 is 0 Å². The number of nitrogens with one attached hydrogen (secondary N) is 2. The smallest absolute Gasteiger partial charge is 0.261 e. The third-order valence-electron chi connectivity index (χ3n) is 7.71. The molecule has 2 atom stereocenters. The fraction of sp³-hybridized carbons (Fsp3) is 0.593. The second kappa shape index (κ2) is 10.4. The van der Waals surface area contributed by atoms with Crippen LogP contribution in [0.4, 0.5) is 15.9 Å². The van der Waals surface area contributed by atoms with E-state index in [-0.39, 0.29) is 28.2 Å². The molecule has 2 saturated carbocycles. The van der Waals surface area contributed by atoms with Gasteiger partial charge in [-0.05, 0) is 73.5 Å². The minimum absolute atomic E-state index is 0.0595. The molecule has 36 heavy (non-hydrogen) atoms. The first-order valence-corrected chi connectivity index (χ1v) is 13.1. The molecule has 9 heteroatoms. The predicted octanol–water partition coefficient (Wildman–Crippen LogP) is 5.51. The lowest BCUT2D eigenvalue weighted by atomic mass is 9.90. The summed E-state index contributed by atoms with van der Waals surface area (Å²) in [7, 11) is 1.73. The van der Waals surface area contributed by atoms with Gasteiger partial charge in [0.15, 0.2) is 0 Å². The molecule has 1 heterocycles. The summed E-state index contributed by atoms with van der Waals surface area (Å²) in [6, 6.07) is 4.06. The van der Waals surface area contributed by atoms with Crippen molar-refractivity contribution in [3.63, 3.8) is 0 Å². The first-order valence-electron chi connectivity index (χ1n) is 12.8. The number of nitrogens with zero attached hydrogens (tertiary/aromatic N) is 2. The van der Waals surface area contributed by atoms with Gasteiger partial charge in [-0.25, -0.2) is 4.39 Å². The third kappa shape index (κ3) is 6.02. The highest BCUT2D eigenvalue weighted by atomic mass is 35.5. The minimum atomic E-state index is -0.545. The molecule has 2 amide bonds. The number of nitrogen functional groups attached to an aromatic ring is 1. The van der Waals surface area contributed by atoms with Crippen LogP contribution in [0.25, 0.3) is 0 Å². The van der Waals surface area contributed by atoms with Crippen LogP contribution in [0.3, 0.4) is 0 Å². The van der Waals surface area contributed by atoms with Gasteiger partial charge in [0.05, 0.1) is 10.7 Å². The molecule has 196 valence electrons. The van der Waals surface area contributed by atoms with Crippen LogP contribution in [0.5, 0.6) is 0 Å². The van der Waals surface area contributed by atoms with Crippen LogP contribution in [0.2, 0.25) is 5.02 Å². The largest absolute Gasteiger partial charge is 0.383 e. The van der Waals surface area contributed by atoms with Crippen molar-refractivity contribution in [3.8, 4) is 0 Å². The molecule has 2 fully saturated rings. The molecule has 1 aromatic carbocycles. The van der Waals surface area contributed by atoms with Gasteiger partial charge in [-0.15, -0.1) is 0 Å². The summed E-state index contributed by atoms with van der Waals surface area (Å²) in [6.45, 7) is 7.19. The van der Waals surface area contributed by atoms with Crippen molar-refractivity contribution in [3.05, 3.63) is 40.3 Å². The zero-order chi connectivity index (χ0) is 26.2. The lowest BCUT2D eigenvalue weighted by molar-refractivity contribution is -0.121. The summed E-state index contributed by atoms with van der Waals surface area (Å²) in [5.74, 6) is 1.30. The SMILES string of the molecule is Cn1nc(C2CC3CC(CNC(=O)CCC(C)(C)C)CC3C2)c(C(=O)Nc2ccc(F)c(Cl)c2)c1N. The number of halogens is 2. The average molecular weight is 518 g/mol. The maximum absolute atomic E-state index is 13.5. The number of hydrogen-bond donors (Lipinski definition) is 3. The number of amides is 2. The summed E-state index contributed by atoms with van der Waals surface area (Å²) in [6.07, 6.45) is 5.53. The number of carbonyl (C=O) groups excluding carboxylic acids is 2. The molecular weight excluding hydrogens is 481 g/mol. The average Bonchev–Trinajstić information content (AvgIpc) is 3.44. The van der Waals surface area contributed by atoms with Gasteiger partial charge in [-0.2, -0.15) is 5.10 Å². The molecular formula is C27H37ClFN5O2. The molecule has 0 saturated heterocycles. The molecule has 0 aliphatic heterocycles. The molecule has 2 aliphatic carbocycles. The molecule has 0 radical (unpaired) electrons. The van der Waals surface area contributed by atoms with Crippen LogP contribution < -0.4 is 16.4 Å². The highest BCUT2D eigenvalue weighted by molar-refractivity contribution is 6.31. The van der Waals surface area contributed by atoms with E-state index in [9.17, 15) is 14.0 Å². The number of rotatable bonds is 7. The standard InChI is InChI=1S/C27H37ClFN5O2/c1-27(2,3)8-7-22(35)31-14-15-9-16-11-18(12-17(16)10-15)24-23(25(30)34(4)33-24)26(36)32-19-5-6-21(29)20(28)13-19/h5-6,13,15-18H,7-12,14,30H2,1-4H3,(H,31,35)(H,32,36). The number of fused-ring (bicyclic) bond motifs is 1. The summed E-state index contributed by atoms with van der Waals surface area (Å²) in [5, 5.41) is 10.5. The Bertz CT molecular complexity index is 1130. The quantitative estimate of drug-likeness (QED) is 0.450. The Morgan fingerprint density at radius 2 is 1.86 bits per heavy atom. The van der Waals surface area contributed by atoms with Crippen LogP contribution in [0, 0.1) is 29.0 Å². The van der Waals surface area contributed by atoms with Crippen molar-refractivity contribution in [2.24, 2.45) is 30.2 Å². The molecule has 0 spiro atoms. The van der Waals surface area contributed by atoms with Crippen molar-refractivity contribution in [2.75, 3.05) is 17.6 Å². The molecule has 7 nitrogen and oxygen atoms in total. The van der Waals surface area contributed by atoms with E-state index in [1.807, 2.05) is 0 Å². The Balaban J connectivity index is 1.36. The predicted molar refractivity (Wildman–Crippen MR) is 140 cm³/mol.